The molecule has 1 aliphatic heterocycles. The SMILES string of the molecule is COc1cc2ncc3c(c2cc1OC)N(Cc1ccc(NS(C)(=O)=O)cc1)CC3. The van der Waals surface area contributed by atoms with Crippen molar-refractivity contribution in [2.24, 2.45) is 0 Å². The molecule has 0 fully saturated rings. The molecule has 29 heavy (non-hydrogen) atoms. The molecule has 0 bridgehead atoms. The molecule has 8 heteroatoms. The molecule has 2 heterocycles. The second kappa shape index (κ2) is 7.44. The topological polar surface area (TPSA) is 80.8 Å². The highest BCUT2D eigenvalue weighted by Gasteiger charge is 2.23. The Morgan fingerprint density at radius 1 is 1.10 bits per heavy atom. The number of nitrogens with one attached hydrogen (secondary N) is 1. The molecule has 2 aromatic carbocycles. The zero-order chi connectivity index (χ0) is 20.6. The number of hydrogen-bond acceptors (Lipinski definition) is 6. The summed E-state index contributed by atoms with van der Waals surface area (Å²) in [6, 6.07) is 11.3. The molecule has 0 amide bonds. The first kappa shape index (κ1) is 19.3. The highest BCUT2D eigenvalue weighted by Crippen LogP contribution is 2.40. The predicted molar refractivity (Wildman–Crippen MR) is 115 cm³/mol. The van der Waals surface area contributed by atoms with Gasteiger partial charge in [-0.3, -0.25) is 9.71 Å². The third kappa shape index (κ3) is 3.93. The number of sulfonamides is 1. The van der Waals surface area contributed by atoms with Crippen molar-refractivity contribution in [3.05, 3.63) is 53.7 Å². The van der Waals surface area contributed by atoms with Gasteiger partial charge in [0.05, 0.1) is 31.7 Å². The Morgan fingerprint density at radius 3 is 2.45 bits per heavy atom. The number of aromatic nitrogens is 1. The van der Waals surface area contributed by atoms with Gasteiger partial charge in [-0.15, -0.1) is 0 Å². The average molecular weight is 413 g/mol. The molecule has 0 saturated heterocycles. The van der Waals surface area contributed by atoms with E-state index in [4.69, 9.17) is 9.47 Å². The van der Waals surface area contributed by atoms with E-state index in [-0.39, 0.29) is 0 Å². The van der Waals surface area contributed by atoms with Crippen molar-refractivity contribution in [2.45, 2.75) is 13.0 Å². The lowest BCUT2D eigenvalue weighted by Crippen LogP contribution is -2.20. The van der Waals surface area contributed by atoms with Crippen LogP contribution in [-0.2, 0) is 23.0 Å². The van der Waals surface area contributed by atoms with Crippen LogP contribution in [0.1, 0.15) is 11.1 Å². The van der Waals surface area contributed by atoms with Crippen LogP contribution in [0.25, 0.3) is 10.9 Å². The minimum Gasteiger partial charge on any atom is -0.493 e. The average Bonchev–Trinajstić information content (AvgIpc) is 3.10. The zero-order valence-corrected chi connectivity index (χ0v) is 17.4. The quantitative estimate of drug-likeness (QED) is 0.669. The van der Waals surface area contributed by atoms with Gasteiger partial charge in [0.25, 0.3) is 0 Å². The molecule has 0 unspecified atom stereocenters. The number of hydrogen-bond donors (Lipinski definition) is 1. The first-order valence-corrected chi connectivity index (χ1v) is 11.1. The van der Waals surface area contributed by atoms with Gasteiger partial charge in [-0.05, 0) is 35.7 Å². The van der Waals surface area contributed by atoms with Gasteiger partial charge in [0.2, 0.25) is 10.0 Å². The fourth-order valence-corrected chi connectivity index (χ4v) is 4.30. The molecule has 152 valence electrons. The maximum Gasteiger partial charge on any atom is 0.229 e. The predicted octanol–water partition coefficient (Wildman–Crippen LogP) is 3.19. The Labute approximate surface area is 170 Å². The van der Waals surface area contributed by atoms with Crippen molar-refractivity contribution >= 4 is 32.3 Å². The molecular weight excluding hydrogens is 390 g/mol. The fraction of sp³-hybridized carbons (Fsp3) is 0.286. The molecule has 3 aromatic rings. The third-order valence-corrected chi connectivity index (χ3v) is 5.63. The maximum atomic E-state index is 11.4. The van der Waals surface area contributed by atoms with Crippen LogP contribution >= 0.6 is 0 Å². The number of pyridine rings is 1. The third-order valence-electron chi connectivity index (χ3n) is 5.02. The van der Waals surface area contributed by atoms with Crippen LogP contribution in [-0.4, -0.2) is 40.4 Å². The van der Waals surface area contributed by atoms with Crippen molar-refractivity contribution in [2.75, 3.05) is 36.6 Å². The van der Waals surface area contributed by atoms with E-state index in [0.717, 1.165) is 47.9 Å². The Kier molecular flexibility index (Phi) is 4.96. The number of fused-ring (bicyclic) bond motifs is 3. The van der Waals surface area contributed by atoms with Gasteiger partial charge < -0.3 is 14.4 Å². The highest BCUT2D eigenvalue weighted by molar-refractivity contribution is 7.92. The van der Waals surface area contributed by atoms with E-state index in [0.29, 0.717) is 17.2 Å². The van der Waals surface area contributed by atoms with Crippen molar-refractivity contribution in [3.8, 4) is 11.5 Å². The summed E-state index contributed by atoms with van der Waals surface area (Å²) >= 11 is 0. The smallest absolute Gasteiger partial charge is 0.229 e. The summed E-state index contributed by atoms with van der Waals surface area (Å²) in [6.45, 7) is 1.62. The van der Waals surface area contributed by atoms with E-state index in [9.17, 15) is 8.42 Å². The molecule has 0 spiro atoms. The molecule has 1 aliphatic rings. The number of nitrogens with zero attached hydrogens (tertiary/aromatic N) is 2. The minimum absolute atomic E-state index is 0.560. The summed E-state index contributed by atoms with van der Waals surface area (Å²) in [5, 5.41) is 1.04. The largest absolute Gasteiger partial charge is 0.493 e. The number of benzene rings is 2. The van der Waals surface area contributed by atoms with Crippen LogP contribution < -0.4 is 19.1 Å². The normalized spacial score (nSPS) is 13.4. The van der Waals surface area contributed by atoms with Crippen molar-refractivity contribution in [1.29, 1.82) is 0 Å². The molecule has 4 rings (SSSR count). The lowest BCUT2D eigenvalue weighted by Gasteiger charge is -2.22. The molecule has 0 radical (unpaired) electrons. The fourth-order valence-electron chi connectivity index (χ4n) is 3.74. The molecule has 0 atom stereocenters. The first-order valence-electron chi connectivity index (χ1n) is 9.23. The Balaban J connectivity index is 1.66. The van der Waals surface area contributed by atoms with E-state index < -0.39 is 10.0 Å². The summed E-state index contributed by atoms with van der Waals surface area (Å²) < 4.78 is 36.1. The van der Waals surface area contributed by atoms with E-state index >= 15 is 0 Å². The van der Waals surface area contributed by atoms with Gasteiger partial charge in [-0.25, -0.2) is 8.42 Å². The first-order chi connectivity index (χ1) is 13.9. The number of rotatable bonds is 6. The highest BCUT2D eigenvalue weighted by atomic mass is 32.2. The van der Waals surface area contributed by atoms with Crippen molar-refractivity contribution < 1.29 is 17.9 Å². The van der Waals surface area contributed by atoms with Gasteiger partial charge >= 0.3 is 0 Å². The van der Waals surface area contributed by atoms with E-state index in [1.165, 1.54) is 5.56 Å². The lowest BCUT2D eigenvalue weighted by molar-refractivity contribution is 0.356. The summed E-state index contributed by atoms with van der Waals surface area (Å²) in [6.07, 6.45) is 4.01. The summed E-state index contributed by atoms with van der Waals surface area (Å²) in [7, 11) is -0.0328. The summed E-state index contributed by atoms with van der Waals surface area (Å²) in [5.41, 5.74) is 4.89. The van der Waals surface area contributed by atoms with Crippen LogP contribution in [0.5, 0.6) is 11.5 Å². The van der Waals surface area contributed by atoms with Gasteiger partial charge in [-0.2, -0.15) is 0 Å². The standard InChI is InChI=1S/C21H23N3O4S/c1-27-19-10-17-18(11-20(19)28-2)22-12-15-8-9-24(21(15)17)13-14-4-6-16(7-5-14)23-29(3,25)26/h4-7,10-12,23H,8-9,13H2,1-3H3. The minimum atomic E-state index is -3.28. The molecule has 0 aliphatic carbocycles. The van der Waals surface area contributed by atoms with Gasteiger partial charge in [0, 0.05) is 36.4 Å². The van der Waals surface area contributed by atoms with Gasteiger partial charge in [-0.1, -0.05) is 12.1 Å². The Bertz CT molecular complexity index is 1160. The number of ether oxygens (including phenoxy) is 2. The molecule has 7 nitrogen and oxygen atoms in total. The molecular formula is C21H23N3O4S. The molecule has 1 N–H and O–H groups in total. The van der Waals surface area contributed by atoms with Crippen LogP contribution in [0.15, 0.2) is 42.6 Å². The maximum absolute atomic E-state index is 11.4. The van der Waals surface area contributed by atoms with Crippen LogP contribution in [0.3, 0.4) is 0 Å². The second-order valence-electron chi connectivity index (χ2n) is 7.10. The second-order valence-corrected chi connectivity index (χ2v) is 8.85. The van der Waals surface area contributed by atoms with Crippen LogP contribution in [0.4, 0.5) is 11.4 Å². The number of anilines is 2. The lowest BCUT2D eigenvalue weighted by atomic mass is 10.1. The number of methoxy groups -OCH3 is 2. The Morgan fingerprint density at radius 2 is 1.79 bits per heavy atom. The zero-order valence-electron chi connectivity index (χ0n) is 16.6. The molecule has 1 aromatic heterocycles. The van der Waals surface area contributed by atoms with Crippen molar-refractivity contribution in [1.82, 2.24) is 4.98 Å². The van der Waals surface area contributed by atoms with E-state index in [1.54, 1.807) is 26.4 Å². The summed E-state index contributed by atoms with van der Waals surface area (Å²) in [4.78, 5) is 6.92. The monoisotopic (exact) mass is 413 g/mol. The van der Waals surface area contributed by atoms with Crippen LogP contribution in [0.2, 0.25) is 0 Å². The summed E-state index contributed by atoms with van der Waals surface area (Å²) in [5.74, 6) is 1.34. The van der Waals surface area contributed by atoms with Crippen molar-refractivity contribution in [3.63, 3.8) is 0 Å². The Hall–Kier alpha value is -3.00. The van der Waals surface area contributed by atoms with E-state index in [1.807, 2.05) is 30.5 Å². The van der Waals surface area contributed by atoms with E-state index in [2.05, 4.69) is 14.6 Å². The van der Waals surface area contributed by atoms with Gasteiger partial charge in [0.15, 0.2) is 11.5 Å². The van der Waals surface area contributed by atoms with Crippen LogP contribution in [0, 0.1) is 0 Å². The molecule has 0 saturated carbocycles. The van der Waals surface area contributed by atoms with Gasteiger partial charge in [0.1, 0.15) is 0 Å².